The van der Waals surface area contributed by atoms with E-state index in [2.05, 4.69) is 5.32 Å². The minimum Gasteiger partial charge on any atom is -0.496 e. The van der Waals surface area contributed by atoms with E-state index in [4.69, 9.17) is 4.74 Å². The van der Waals surface area contributed by atoms with E-state index < -0.39 is 36.0 Å². The molecule has 31 heavy (non-hydrogen) atoms. The fraction of sp³-hybridized carbons (Fsp3) is 0.333. The number of benzene rings is 3. The van der Waals surface area contributed by atoms with Gasteiger partial charge >= 0.3 is 6.18 Å². The summed E-state index contributed by atoms with van der Waals surface area (Å²) >= 11 is 0. The molecule has 7 heteroatoms. The van der Waals surface area contributed by atoms with E-state index >= 15 is 0 Å². The molecular formula is C24H25F4NO2. The van der Waals surface area contributed by atoms with Crippen molar-refractivity contribution in [1.29, 1.82) is 0 Å². The Balaban J connectivity index is 1.93. The van der Waals surface area contributed by atoms with Crippen molar-refractivity contribution in [2.75, 3.05) is 19.0 Å². The Morgan fingerprint density at radius 1 is 0.968 bits per heavy atom. The lowest BCUT2D eigenvalue weighted by Gasteiger charge is -2.38. The first-order chi connectivity index (χ1) is 14.5. The van der Waals surface area contributed by atoms with Crippen LogP contribution in [0.15, 0.2) is 60.7 Å². The van der Waals surface area contributed by atoms with Gasteiger partial charge in [0.1, 0.15) is 11.6 Å². The van der Waals surface area contributed by atoms with Gasteiger partial charge in [0.05, 0.1) is 13.7 Å². The Morgan fingerprint density at radius 2 is 1.65 bits per heavy atom. The van der Waals surface area contributed by atoms with Crippen LogP contribution in [0.2, 0.25) is 0 Å². The Bertz CT molecular complexity index is 1060. The SMILES string of the molecule is COc1ccc(F)cc1C(C)(C)CC(O)(CNc1cccc2ccccc12)C(F)(F)F. The Labute approximate surface area is 178 Å². The second-order valence-electron chi connectivity index (χ2n) is 8.31. The third-order valence-corrected chi connectivity index (χ3v) is 5.51. The zero-order valence-corrected chi connectivity index (χ0v) is 17.6. The van der Waals surface area contributed by atoms with Crippen LogP contribution in [0.3, 0.4) is 0 Å². The molecule has 3 aromatic carbocycles. The molecule has 0 bridgehead atoms. The van der Waals surface area contributed by atoms with E-state index in [0.717, 1.165) is 16.8 Å². The summed E-state index contributed by atoms with van der Waals surface area (Å²) in [6.45, 7) is 2.30. The van der Waals surface area contributed by atoms with Gasteiger partial charge in [-0.3, -0.25) is 0 Å². The van der Waals surface area contributed by atoms with Crippen LogP contribution in [0.5, 0.6) is 5.75 Å². The number of halogens is 4. The number of anilines is 1. The van der Waals surface area contributed by atoms with Crippen LogP contribution in [0.25, 0.3) is 10.8 Å². The van der Waals surface area contributed by atoms with Crippen molar-refractivity contribution in [3.8, 4) is 5.75 Å². The molecule has 0 heterocycles. The zero-order chi connectivity index (χ0) is 22.9. The highest BCUT2D eigenvalue weighted by molar-refractivity contribution is 5.93. The van der Waals surface area contributed by atoms with Gasteiger partial charge in [-0.2, -0.15) is 13.2 Å². The van der Waals surface area contributed by atoms with E-state index in [1.54, 1.807) is 24.3 Å². The van der Waals surface area contributed by atoms with Crippen LogP contribution < -0.4 is 10.1 Å². The predicted octanol–water partition coefficient (Wildman–Crippen LogP) is 6.06. The monoisotopic (exact) mass is 435 g/mol. The fourth-order valence-electron chi connectivity index (χ4n) is 3.92. The summed E-state index contributed by atoms with van der Waals surface area (Å²) in [7, 11) is 1.37. The van der Waals surface area contributed by atoms with Gasteiger partial charge in [0, 0.05) is 16.6 Å². The molecule has 0 saturated carbocycles. The minimum atomic E-state index is -4.91. The topological polar surface area (TPSA) is 41.5 Å². The first-order valence-electron chi connectivity index (χ1n) is 9.82. The summed E-state index contributed by atoms with van der Waals surface area (Å²) in [5.74, 6) is -0.328. The number of ether oxygens (including phenoxy) is 1. The third kappa shape index (κ3) is 4.77. The fourth-order valence-corrected chi connectivity index (χ4v) is 3.92. The van der Waals surface area contributed by atoms with Gasteiger partial charge in [-0.15, -0.1) is 0 Å². The van der Waals surface area contributed by atoms with Crippen molar-refractivity contribution < 1.29 is 27.4 Å². The molecule has 0 spiro atoms. The maximum absolute atomic E-state index is 14.0. The third-order valence-electron chi connectivity index (χ3n) is 5.51. The van der Waals surface area contributed by atoms with E-state index in [0.29, 0.717) is 5.69 Å². The summed E-state index contributed by atoms with van der Waals surface area (Å²) in [5.41, 5.74) is -3.56. The lowest BCUT2D eigenvalue weighted by molar-refractivity contribution is -0.260. The molecule has 0 amide bonds. The van der Waals surface area contributed by atoms with Crippen LogP contribution >= 0.6 is 0 Å². The van der Waals surface area contributed by atoms with Gasteiger partial charge < -0.3 is 15.2 Å². The molecule has 166 valence electrons. The van der Waals surface area contributed by atoms with Crippen LogP contribution in [-0.2, 0) is 5.41 Å². The molecular weight excluding hydrogens is 410 g/mol. The number of fused-ring (bicyclic) bond motifs is 1. The van der Waals surface area contributed by atoms with E-state index in [9.17, 15) is 22.7 Å². The first-order valence-corrected chi connectivity index (χ1v) is 9.82. The standard InChI is InChI=1S/C24H25F4NO2/c1-22(2,19-13-17(25)11-12-21(19)31-3)14-23(30,24(26,27)28)15-29-20-10-6-8-16-7-4-5-9-18(16)20/h4-13,29-30H,14-15H2,1-3H3. The quantitative estimate of drug-likeness (QED) is 0.443. The number of hydrogen-bond donors (Lipinski definition) is 2. The molecule has 1 atom stereocenters. The maximum Gasteiger partial charge on any atom is 0.418 e. The predicted molar refractivity (Wildman–Crippen MR) is 114 cm³/mol. The Hall–Kier alpha value is -2.80. The van der Waals surface area contributed by atoms with Crippen molar-refractivity contribution in [2.45, 2.75) is 37.5 Å². The van der Waals surface area contributed by atoms with Crippen LogP contribution in [0, 0.1) is 5.82 Å². The van der Waals surface area contributed by atoms with Gasteiger partial charge in [-0.05, 0) is 41.5 Å². The number of methoxy groups -OCH3 is 1. The second kappa shape index (κ2) is 8.38. The normalized spacial score (nSPS) is 14.3. The van der Waals surface area contributed by atoms with E-state index in [-0.39, 0.29) is 11.3 Å². The molecule has 0 aliphatic heterocycles. The van der Waals surface area contributed by atoms with Crippen LogP contribution in [-0.4, -0.2) is 30.5 Å². The minimum absolute atomic E-state index is 0.253. The van der Waals surface area contributed by atoms with Gasteiger partial charge in [0.2, 0.25) is 0 Å². The largest absolute Gasteiger partial charge is 0.496 e. The van der Waals surface area contributed by atoms with Crippen molar-refractivity contribution >= 4 is 16.5 Å². The maximum atomic E-state index is 14.0. The Morgan fingerprint density at radius 3 is 2.32 bits per heavy atom. The highest BCUT2D eigenvalue weighted by Gasteiger charge is 2.56. The molecule has 1 unspecified atom stereocenters. The summed E-state index contributed by atoms with van der Waals surface area (Å²) in [6, 6.07) is 16.2. The lowest BCUT2D eigenvalue weighted by Crippen LogP contribution is -2.53. The van der Waals surface area contributed by atoms with Crippen molar-refractivity contribution in [2.24, 2.45) is 0 Å². The molecule has 3 aromatic rings. The summed E-state index contributed by atoms with van der Waals surface area (Å²) in [5, 5.41) is 15.2. The summed E-state index contributed by atoms with van der Waals surface area (Å²) < 4.78 is 61.2. The average molecular weight is 435 g/mol. The van der Waals surface area contributed by atoms with Crippen LogP contribution in [0.4, 0.5) is 23.2 Å². The lowest BCUT2D eigenvalue weighted by atomic mass is 9.74. The molecule has 2 N–H and O–H groups in total. The molecule has 0 aliphatic rings. The number of aliphatic hydroxyl groups is 1. The molecule has 0 fully saturated rings. The highest BCUT2D eigenvalue weighted by Crippen LogP contribution is 2.44. The summed E-state index contributed by atoms with van der Waals surface area (Å²) in [4.78, 5) is 0. The first kappa shape index (κ1) is 22.9. The highest BCUT2D eigenvalue weighted by atomic mass is 19.4. The molecule has 3 rings (SSSR count). The van der Waals surface area contributed by atoms with Gasteiger partial charge in [-0.1, -0.05) is 50.2 Å². The summed E-state index contributed by atoms with van der Waals surface area (Å²) in [6.07, 6.45) is -5.61. The Kier molecular flexibility index (Phi) is 6.18. The van der Waals surface area contributed by atoms with E-state index in [1.165, 1.54) is 33.1 Å². The van der Waals surface area contributed by atoms with Crippen molar-refractivity contribution in [3.05, 3.63) is 72.0 Å². The number of alkyl halides is 3. The molecule has 0 saturated heterocycles. The van der Waals surface area contributed by atoms with E-state index in [1.807, 2.05) is 18.2 Å². The number of rotatable bonds is 7. The zero-order valence-electron chi connectivity index (χ0n) is 17.6. The van der Waals surface area contributed by atoms with Crippen LogP contribution in [0.1, 0.15) is 25.8 Å². The second-order valence-corrected chi connectivity index (χ2v) is 8.31. The number of hydrogen-bond acceptors (Lipinski definition) is 3. The van der Waals surface area contributed by atoms with Crippen molar-refractivity contribution in [3.63, 3.8) is 0 Å². The average Bonchev–Trinajstić information content (AvgIpc) is 2.71. The molecule has 0 aliphatic carbocycles. The molecule has 0 radical (unpaired) electrons. The van der Waals surface area contributed by atoms with Crippen molar-refractivity contribution in [1.82, 2.24) is 0 Å². The smallest absolute Gasteiger partial charge is 0.418 e. The van der Waals surface area contributed by atoms with Gasteiger partial charge in [-0.25, -0.2) is 4.39 Å². The number of nitrogens with one attached hydrogen (secondary N) is 1. The van der Waals surface area contributed by atoms with Gasteiger partial charge in [0.15, 0.2) is 5.60 Å². The molecule has 3 nitrogen and oxygen atoms in total. The van der Waals surface area contributed by atoms with Gasteiger partial charge in [0.25, 0.3) is 0 Å². The molecule has 0 aromatic heterocycles.